The molecule has 2 aromatic carbocycles. The molecule has 1 unspecified atom stereocenters. The highest BCUT2D eigenvalue weighted by Gasteiger charge is 2.25. The highest BCUT2D eigenvalue weighted by Crippen LogP contribution is 2.37. The van der Waals surface area contributed by atoms with Crippen LogP contribution in [-0.2, 0) is 28.9 Å². The third kappa shape index (κ3) is 5.63. The predicted molar refractivity (Wildman–Crippen MR) is 126 cm³/mol. The molecule has 8 nitrogen and oxygen atoms in total. The second-order valence-corrected chi connectivity index (χ2v) is 9.41. The second-order valence-electron chi connectivity index (χ2n) is 9.41. The van der Waals surface area contributed by atoms with Gasteiger partial charge in [0.25, 0.3) is 0 Å². The first-order valence-corrected chi connectivity index (χ1v) is 11.2. The number of rotatable bonds is 6. The lowest BCUT2D eigenvalue weighted by molar-refractivity contribution is -0.139. The number of nitrogens with one attached hydrogen (secondary N) is 3. The Morgan fingerprint density at radius 1 is 1.12 bits per heavy atom. The summed E-state index contributed by atoms with van der Waals surface area (Å²) >= 11 is 0. The van der Waals surface area contributed by atoms with Gasteiger partial charge >= 0.3 is 12.1 Å². The van der Waals surface area contributed by atoms with Crippen molar-refractivity contribution < 1.29 is 19.4 Å². The zero-order valence-electron chi connectivity index (χ0n) is 19.2. The molecule has 2 aromatic rings. The van der Waals surface area contributed by atoms with E-state index in [1.165, 1.54) is 22.3 Å². The Bertz CT molecular complexity index is 1100. The number of carboxylic acids is 1. The molecule has 4 rings (SSSR count). The van der Waals surface area contributed by atoms with E-state index in [1.807, 2.05) is 18.2 Å². The van der Waals surface area contributed by atoms with Crippen molar-refractivity contribution >= 4 is 18.0 Å². The molecule has 1 atom stereocenters. The van der Waals surface area contributed by atoms with Crippen LogP contribution >= 0.6 is 0 Å². The van der Waals surface area contributed by atoms with E-state index < -0.39 is 23.7 Å². The zero-order valence-corrected chi connectivity index (χ0v) is 19.2. The average Bonchev–Trinajstić information content (AvgIpc) is 3.37. The summed E-state index contributed by atoms with van der Waals surface area (Å²) in [5.41, 5.74) is 6.14. The Morgan fingerprint density at radius 2 is 1.79 bits per heavy atom. The lowest BCUT2D eigenvalue weighted by Gasteiger charge is -2.22. The third-order valence-electron chi connectivity index (χ3n) is 5.57. The average molecular weight is 451 g/mol. The minimum Gasteiger partial charge on any atom is -0.480 e. The molecular weight excluding hydrogens is 420 g/mol. The van der Waals surface area contributed by atoms with Gasteiger partial charge in [0.1, 0.15) is 11.6 Å². The van der Waals surface area contributed by atoms with Gasteiger partial charge in [-0.1, -0.05) is 36.4 Å². The monoisotopic (exact) mass is 450 g/mol. The van der Waals surface area contributed by atoms with Gasteiger partial charge in [-0.2, -0.15) is 0 Å². The quantitative estimate of drug-likeness (QED) is 0.460. The first-order valence-electron chi connectivity index (χ1n) is 11.2. The summed E-state index contributed by atoms with van der Waals surface area (Å²) in [6.07, 6.45) is 0.244. The minimum atomic E-state index is -1.09. The van der Waals surface area contributed by atoms with Crippen LogP contribution in [0.1, 0.15) is 43.0 Å². The van der Waals surface area contributed by atoms with Crippen molar-refractivity contribution in [2.24, 2.45) is 4.99 Å². The molecule has 0 aromatic heterocycles. The summed E-state index contributed by atoms with van der Waals surface area (Å²) in [5.74, 6) is -0.250. The number of guanidine groups is 1. The van der Waals surface area contributed by atoms with Gasteiger partial charge in [-0.25, -0.2) is 9.59 Å². The largest absolute Gasteiger partial charge is 0.480 e. The number of carbonyl (C=O) groups is 2. The molecule has 0 saturated heterocycles. The van der Waals surface area contributed by atoms with E-state index in [1.54, 1.807) is 20.8 Å². The molecule has 2 aliphatic rings. The fraction of sp³-hybridized carbons (Fsp3) is 0.400. The summed E-state index contributed by atoms with van der Waals surface area (Å²) in [5, 5.41) is 18.6. The molecule has 1 heterocycles. The molecule has 1 amide bonds. The van der Waals surface area contributed by atoms with Crippen molar-refractivity contribution in [1.29, 1.82) is 0 Å². The van der Waals surface area contributed by atoms with Crippen LogP contribution in [0.4, 0.5) is 4.79 Å². The second kappa shape index (κ2) is 9.13. The van der Waals surface area contributed by atoms with E-state index in [9.17, 15) is 14.7 Å². The number of carboxylic acid groups (broad SMARTS) is 1. The van der Waals surface area contributed by atoms with Gasteiger partial charge in [-0.15, -0.1) is 0 Å². The summed E-state index contributed by atoms with van der Waals surface area (Å²) in [7, 11) is 0. The van der Waals surface area contributed by atoms with Crippen LogP contribution in [0.3, 0.4) is 0 Å². The smallest absolute Gasteiger partial charge is 0.408 e. The van der Waals surface area contributed by atoms with E-state index >= 15 is 0 Å². The van der Waals surface area contributed by atoms with Gasteiger partial charge in [-0.3, -0.25) is 4.99 Å². The fourth-order valence-electron chi connectivity index (χ4n) is 4.14. The molecule has 0 radical (unpaired) electrons. The number of aliphatic imine (C=N–C) groups is 1. The SMILES string of the molecule is CC(C)(C)OC(=O)NC(Cc1ccc2c(c1)Cc1cc(CNC3=NCCN3)ccc1-2)C(=O)O. The number of hydrogen-bond donors (Lipinski definition) is 4. The molecule has 174 valence electrons. The fourth-order valence-corrected chi connectivity index (χ4v) is 4.14. The maximum atomic E-state index is 12.1. The number of hydrogen-bond acceptors (Lipinski definition) is 6. The van der Waals surface area contributed by atoms with Crippen LogP contribution in [0, 0.1) is 0 Å². The summed E-state index contributed by atoms with van der Waals surface area (Å²) in [6.45, 7) is 7.60. The van der Waals surface area contributed by atoms with Crippen molar-refractivity contribution in [1.82, 2.24) is 16.0 Å². The van der Waals surface area contributed by atoms with E-state index in [4.69, 9.17) is 4.74 Å². The molecule has 8 heteroatoms. The van der Waals surface area contributed by atoms with Crippen molar-refractivity contribution in [3.8, 4) is 11.1 Å². The van der Waals surface area contributed by atoms with Crippen LogP contribution in [0.2, 0.25) is 0 Å². The van der Waals surface area contributed by atoms with Crippen LogP contribution in [0.5, 0.6) is 0 Å². The Hall–Kier alpha value is -3.55. The van der Waals surface area contributed by atoms with Crippen molar-refractivity contribution in [2.75, 3.05) is 13.1 Å². The predicted octanol–water partition coefficient (Wildman–Crippen LogP) is 2.83. The molecular formula is C25H30N4O4. The van der Waals surface area contributed by atoms with Gasteiger partial charge in [0.2, 0.25) is 0 Å². The normalized spacial score (nSPS) is 15.1. The van der Waals surface area contributed by atoms with E-state index in [0.29, 0.717) is 6.54 Å². The summed E-state index contributed by atoms with van der Waals surface area (Å²) < 4.78 is 5.21. The van der Waals surface area contributed by atoms with Gasteiger partial charge in [0, 0.05) is 19.5 Å². The number of fused-ring (bicyclic) bond motifs is 3. The van der Waals surface area contributed by atoms with Crippen molar-refractivity contribution in [3.05, 3.63) is 58.7 Å². The number of nitrogens with zero attached hydrogens (tertiary/aromatic N) is 1. The molecule has 33 heavy (non-hydrogen) atoms. The molecule has 0 saturated carbocycles. The number of amides is 1. The van der Waals surface area contributed by atoms with Crippen LogP contribution < -0.4 is 16.0 Å². The highest BCUT2D eigenvalue weighted by molar-refractivity contribution is 5.82. The summed E-state index contributed by atoms with van der Waals surface area (Å²) in [6, 6.07) is 11.4. The maximum Gasteiger partial charge on any atom is 0.408 e. The highest BCUT2D eigenvalue weighted by atomic mass is 16.6. The number of aliphatic carboxylic acids is 1. The Balaban J connectivity index is 1.43. The molecule has 0 bridgehead atoms. The lowest BCUT2D eigenvalue weighted by Crippen LogP contribution is -2.44. The van der Waals surface area contributed by atoms with Crippen molar-refractivity contribution in [3.63, 3.8) is 0 Å². The van der Waals surface area contributed by atoms with Crippen molar-refractivity contribution in [2.45, 2.75) is 51.8 Å². The number of ether oxygens (including phenoxy) is 1. The Morgan fingerprint density at radius 3 is 2.39 bits per heavy atom. The minimum absolute atomic E-state index is 0.183. The lowest BCUT2D eigenvalue weighted by atomic mass is 9.99. The number of benzene rings is 2. The van der Waals surface area contributed by atoms with E-state index in [-0.39, 0.29) is 6.42 Å². The summed E-state index contributed by atoms with van der Waals surface area (Å²) in [4.78, 5) is 28.1. The van der Waals surface area contributed by atoms with Gasteiger partial charge in [0.05, 0.1) is 6.54 Å². The molecule has 1 aliphatic carbocycles. The van der Waals surface area contributed by atoms with Gasteiger partial charge in [0.15, 0.2) is 5.96 Å². The Labute approximate surface area is 193 Å². The topological polar surface area (TPSA) is 112 Å². The first kappa shape index (κ1) is 22.6. The molecule has 1 aliphatic heterocycles. The first-order chi connectivity index (χ1) is 15.7. The Kier molecular flexibility index (Phi) is 6.26. The van der Waals surface area contributed by atoms with E-state index in [0.717, 1.165) is 36.6 Å². The molecule has 0 spiro atoms. The number of alkyl carbamates (subject to hydrolysis) is 1. The van der Waals surface area contributed by atoms with Crippen LogP contribution in [0.25, 0.3) is 11.1 Å². The maximum absolute atomic E-state index is 12.1. The van der Waals surface area contributed by atoms with Gasteiger partial charge in [-0.05, 0) is 60.6 Å². The standard InChI is InChI=1S/C25H30N4O4/c1-25(2,3)33-24(32)29-21(22(30)31)12-15-4-6-19-17(10-15)13-18-11-16(5-7-20(18)19)14-28-23-26-8-9-27-23/h4-7,10-11,21H,8-9,12-14H2,1-3H3,(H,29,32)(H,30,31)(H2,26,27,28). The third-order valence-corrected chi connectivity index (χ3v) is 5.57. The van der Waals surface area contributed by atoms with E-state index in [2.05, 4.69) is 39.1 Å². The zero-order chi connectivity index (χ0) is 23.6. The van der Waals surface area contributed by atoms with Crippen LogP contribution in [-0.4, -0.2) is 47.9 Å². The van der Waals surface area contributed by atoms with Gasteiger partial charge < -0.3 is 25.8 Å². The van der Waals surface area contributed by atoms with Crippen LogP contribution in [0.15, 0.2) is 41.4 Å². The molecule has 0 fully saturated rings. The molecule has 4 N–H and O–H groups in total. The number of carbonyl (C=O) groups excluding carboxylic acids is 1.